The van der Waals surface area contributed by atoms with Gasteiger partial charge in [0.05, 0.1) is 5.69 Å². The molecule has 0 radical (unpaired) electrons. The Bertz CT molecular complexity index is 627. The predicted molar refractivity (Wildman–Crippen MR) is 97.6 cm³/mol. The van der Waals surface area contributed by atoms with E-state index < -0.39 is 0 Å². The zero-order valence-corrected chi connectivity index (χ0v) is 15.2. The molecule has 0 aromatic carbocycles. The van der Waals surface area contributed by atoms with Crippen molar-refractivity contribution < 1.29 is 4.79 Å². The minimum Gasteiger partial charge on any atom is -0.335 e. The van der Waals surface area contributed by atoms with Crippen LogP contribution >= 0.6 is 0 Å². The van der Waals surface area contributed by atoms with Gasteiger partial charge in [-0.2, -0.15) is 5.10 Å². The van der Waals surface area contributed by atoms with E-state index in [4.69, 9.17) is 0 Å². The van der Waals surface area contributed by atoms with E-state index in [-0.39, 0.29) is 11.6 Å². The molecule has 1 saturated heterocycles. The lowest BCUT2D eigenvalue weighted by atomic mass is 9.97. The van der Waals surface area contributed by atoms with E-state index in [0.717, 1.165) is 44.5 Å². The molecule has 138 valence electrons. The molecule has 0 unspecified atom stereocenters. The molecule has 2 fully saturated rings. The number of amides is 2. The molecule has 1 saturated carbocycles. The predicted octanol–water partition coefficient (Wildman–Crippen LogP) is 2.70. The molecule has 2 amide bonds. The maximum atomic E-state index is 12.5. The first-order valence-electron chi connectivity index (χ1n) is 9.72. The summed E-state index contributed by atoms with van der Waals surface area (Å²) in [6, 6.07) is 3.77. The highest BCUT2D eigenvalue weighted by molar-refractivity contribution is 5.74. The SMILES string of the molecule is Cc1ccc(=O)n(CC2CCN(C(=O)NC3CCCCCC3)CC2)n1. The van der Waals surface area contributed by atoms with Crippen molar-refractivity contribution in [3.05, 3.63) is 28.2 Å². The summed E-state index contributed by atoms with van der Waals surface area (Å²) in [4.78, 5) is 26.3. The maximum absolute atomic E-state index is 12.5. The normalized spacial score (nSPS) is 20.3. The third-order valence-corrected chi connectivity index (χ3v) is 5.52. The third-order valence-electron chi connectivity index (χ3n) is 5.52. The van der Waals surface area contributed by atoms with Crippen LogP contribution in [0.3, 0.4) is 0 Å². The summed E-state index contributed by atoms with van der Waals surface area (Å²) in [5, 5.41) is 7.55. The Morgan fingerprint density at radius 1 is 1.12 bits per heavy atom. The minimum absolute atomic E-state index is 0.0425. The van der Waals surface area contributed by atoms with Crippen molar-refractivity contribution in [2.24, 2.45) is 5.92 Å². The van der Waals surface area contributed by atoms with E-state index in [2.05, 4.69) is 10.4 Å². The fourth-order valence-corrected chi connectivity index (χ4v) is 3.93. The lowest BCUT2D eigenvalue weighted by molar-refractivity contribution is 0.159. The van der Waals surface area contributed by atoms with Crippen molar-refractivity contribution in [3.63, 3.8) is 0 Å². The van der Waals surface area contributed by atoms with Gasteiger partial charge in [-0.15, -0.1) is 0 Å². The molecule has 1 aliphatic carbocycles. The molecule has 1 aromatic rings. The van der Waals surface area contributed by atoms with Gasteiger partial charge in [-0.1, -0.05) is 25.7 Å². The lowest BCUT2D eigenvalue weighted by Crippen LogP contribution is -2.48. The summed E-state index contributed by atoms with van der Waals surface area (Å²) in [5.41, 5.74) is 0.818. The van der Waals surface area contributed by atoms with Crippen molar-refractivity contribution in [2.75, 3.05) is 13.1 Å². The number of piperidine rings is 1. The van der Waals surface area contributed by atoms with Gasteiger partial charge in [-0.3, -0.25) is 4.79 Å². The molecule has 2 heterocycles. The second-order valence-electron chi connectivity index (χ2n) is 7.56. The fourth-order valence-electron chi connectivity index (χ4n) is 3.93. The molecule has 3 rings (SSSR count). The number of rotatable bonds is 3. The highest BCUT2D eigenvalue weighted by Gasteiger charge is 2.25. The zero-order valence-electron chi connectivity index (χ0n) is 15.2. The molecule has 0 atom stereocenters. The highest BCUT2D eigenvalue weighted by Crippen LogP contribution is 2.20. The number of hydrogen-bond donors (Lipinski definition) is 1. The van der Waals surface area contributed by atoms with Crippen molar-refractivity contribution in [1.82, 2.24) is 20.0 Å². The quantitative estimate of drug-likeness (QED) is 0.856. The number of carbonyl (C=O) groups excluding carboxylic acids is 1. The van der Waals surface area contributed by atoms with Crippen molar-refractivity contribution in [1.29, 1.82) is 0 Å². The minimum atomic E-state index is -0.0425. The van der Waals surface area contributed by atoms with Gasteiger partial charge in [-0.05, 0) is 44.6 Å². The van der Waals surface area contributed by atoms with Crippen LogP contribution in [0.15, 0.2) is 16.9 Å². The second kappa shape index (κ2) is 8.50. The number of hydrogen-bond acceptors (Lipinski definition) is 3. The number of nitrogens with zero attached hydrogens (tertiary/aromatic N) is 3. The molecular formula is C19H30N4O2. The summed E-state index contributed by atoms with van der Waals surface area (Å²) in [6.07, 6.45) is 9.14. The van der Waals surface area contributed by atoms with Crippen LogP contribution in [0.25, 0.3) is 0 Å². The number of likely N-dealkylation sites (tertiary alicyclic amines) is 1. The average molecular weight is 346 g/mol. The average Bonchev–Trinajstić information content (AvgIpc) is 2.87. The van der Waals surface area contributed by atoms with E-state index in [1.54, 1.807) is 16.8 Å². The van der Waals surface area contributed by atoms with Gasteiger partial charge in [0, 0.05) is 31.7 Å². The van der Waals surface area contributed by atoms with Crippen molar-refractivity contribution >= 4 is 6.03 Å². The van der Waals surface area contributed by atoms with Gasteiger partial charge in [0.2, 0.25) is 0 Å². The largest absolute Gasteiger partial charge is 0.335 e. The Balaban J connectivity index is 1.47. The molecule has 6 heteroatoms. The Morgan fingerprint density at radius 3 is 2.48 bits per heavy atom. The summed E-state index contributed by atoms with van der Waals surface area (Å²) in [6.45, 7) is 4.09. The number of aromatic nitrogens is 2. The van der Waals surface area contributed by atoms with Crippen LogP contribution in [0.5, 0.6) is 0 Å². The number of carbonyl (C=O) groups is 1. The van der Waals surface area contributed by atoms with Gasteiger partial charge in [0.25, 0.3) is 5.56 Å². The topological polar surface area (TPSA) is 67.2 Å². The van der Waals surface area contributed by atoms with Crippen LogP contribution in [0.1, 0.15) is 57.1 Å². The molecule has 6 nitrogen and oxygen atoms in total. The van der Waals surface area contributed by atoms with Crippen LogP contribution in [0.2, 0.25) is 0 Å². The van der Waals surface area contributed by atoms with Gasteiger partial charge >= 0.3 is 6.03 Å². The van der Waals surface area contributed by atoms with E-state index in [1.807, 2.05) is 11.8 Å². The molecular weight excluding hydrogens is 316 g/mol. The molecule has 0 bridgehead atoms. The van der Waals surface area contributed by atoms with E-state index in [0.29, 0.717) is 18.5 Å². The van der Waals surface area contributed by atoms with Gasteiger partial charge in [-0.25, -0.2) is 9.48 Å². The Labute approximate surface area is 149 Å². The standard InChI is InChI=1S/C19H30N4O2/c1-15-8-9-18(24)23(21-15)14-16-10-12-22(13-11-16)19(25)20-17-6-4-2-3-5-7-17/h8-9,16-17H,2-7,10-14H2,1H3,(H,20,25). The maximum Gasteiger partial charge on any atom is 0.317 e. The Hall–Kier alpha value is -1.85. The third kappa shape index (κ3) is 5.06. The second-order valence-corrected chi connectivity index (χ2v) is 7.56. The van der Waals surface area contributed by atoms with Crippen LogP contribution < -0.4 is 10.9 Å². The van der Waals surface area contributed by atoms with Crippen molar-refractivity contribution in [2.45, 2.75) is 70.9 Å². The number of nitrogens with one attached hydrogen (secondary N) is 1. The van der Waals surface area contributed by atoms with Gasteiger partial charge in [0.15, 0.2) is 0 Å². The first kappa shape index (κ1) is 18.0. The summed E-state index contributed by atoms with van der Waals surface area (Å²) >= 11 is 0. The van der Waals surface area contributed by atoms with E-state index in [1.165, 1.54) is 25.7 Å². The molecule has 25 heavy (non-hydrogen) atoms. The van der Waals surface area contributed by atoms with Gasteiger partial charge in [0.1, 0.15) is 0 Å². The number of aryl methyl sites for hydroxylation is 1. The Kier molecular flexibility index (Phi) is 6.10. The Morgan fingerprint density at radius 2 is 1.80 bits per heavy atom. The number of urea groups is 1. The highest BCUT2D eigenvalue weighted by atomic mass is 16.2. The summed E-state index contributed by atoms with van der Waals surface area (Å²) in [5.74, 6) is 0.411. The fraction of sp³-hybridized carbons (Fsp3) is 0.737. The molecule has 1 aliphatic heterocycles. The van der Waals surface area contributed by atoms with Crippen molar-refractivity contribution in [3.8, 4) is 0 Å². The monoisotopic (exact) mass is 346 g/mol. The molecule has 0 spiro atoms. The molecule has 1 aromatic heterocycles. The molecule has 2 aliphatic rings. The first-order chi connectivity index (χ1) is 12.1. The smallest absolute Gasteiger partial charge is 0.317 e. The van der Waals surface area contributed by atoms with Crippen LogP contribution in [-0.2, 0) is 6.54 Å². The van der Waals surface area contributed by atoms with Crippen LogP contribution in [0, 0.1) is 12.8 Å². The van der Waals surface area contributed by atoms with E-state index in [9.17, 15) is 9.59 Å². The van der Waals surface area contributed by atoms with E-state index >= 15 is 0 Å². The first-order valence-corrected chi connectivity index (χ1v) is 9.72. The summed E-state index contributed by atoms with van der Waals surface area (Å²) < 4.78 is 1.57. The lowest BCUT2D eigenvalue weighted by Gasteiger charge is -2.33. The van der Waals surface area contributed by atoms with Crippen LogP contribution in [0.4, 0.5) is 4.79 Å². The van der Waals surface area contributed by atoms with Gasteiger partial charge < -0.3 is 10.2 Å². The summed E-state index contributed by atoms with van der Waals surface area (Å²) in [7, 11) is 0. The zero-order chi connectivity index (χ0) is 17.6. The van der Waals surface area contributed by atoms with Crippen LogP contribution in [-0.4, -0.2) is 39.8 Å². The molecule has 1 N–H and O–H groups in total.